The molecular formula is C23H23BrN3O2+. The topological polar surface area (TPSA) is 62.6 Å². The van der Waals surface area contributed by atoms with Gasteiger partial charge in [-0.3, -0.25) is 9.59 Å². The number of hydrogen-bond acceptors (Lipinski definition) is 2. The Morgan fingerprint density at radius 3 is 1.93 bits per heavy atom. The van der Waals surface area contributed by atoms with Crippen molar-refractivity contribution in [2.75, 3.05) is 30.8 Å². The van der Waals surface area contributed by atoms with Crippen LogP contribution < -0.4 is 15.5 Å². The van der Waals surface area contributed by atoms with Gasteiger partial charge in [0.05, 0.1) is 12.7 Å². The van der Waals surface area contributed by atoms with Gasteiger partial charge in [-0.15, -0.1) is 0 Å². The Balaban J connectivity index is 1.57. The Kier molecular flexibility index (Phi) is 7.16. The van der Waals surface area contributed by atoms with Gasteiger partial charge in [0.2, 0.25) is 0 Å². The molecule has 0 heterocycles. The van der Waals surface area contributed by atoms with Crippen LogP contribution in [0.2, 0.25) is 0 Å². The molecule has 1 atom stereocenters. The van der Waals surface area contributed by atoms with Crippen molar-refractivity contribution in [1.29, 1.82) is 0 Å². The van der Waals surface area contributed by atoms with Crippen LogP contribution in [0.4, 0.5) is 11.4 Å². The van der Waals surface area contributed by atoms with Crippen molar-refractivity contribution in [1.82, 2.24) is 0 Å². The first-order valence-corrected chi connectivity index (χ1v) is 10.1. The van der Waals surface area contributed by atoms with Crippen LogP contribution in [0.1, 0.15) is 0 Å². The molecule has 0 aliphatic rings. The highest BCUT2D eigenvalue weighted by molar-refractivity contribution is 9.10. The fourth-order valence-corrected chi connectivity index (χ4v) is 3.41. The third kappa shape index (κ3) is 6.01. The average Bonchev–Trinajstić information content (AvgIpc) is 2.70. The summed E-state index contributed by atoms with van der Waals surface area (Å²) in [4.78, 5) is 25.6. The van der Waals surface area contributed by atoms with E-state index in [1.165, 1.54) is 0 Å². The van der Waals surface area contributed by atoms with Gasteiger partial charge in [-0.25, -0.2) is 0 Å². The molecule has 0 fully saturated rings. The van der Waals surface area contributed by atoms with E-state index < -0.39 is 0 Å². The van der Waals surface area contributed by atoms with E-state index in [0.717, 1.165) is 26.2 Å². The lowest BCUT2D eigenvalue weighted by Gasteiger charge is -2.15. The molecule has 0 aliphatic carbocycles. The molecular weight excluding hydrogens is 430 g/mol. The summed E-state index contributed by atoms with van der Waals surface area (Å²) in [6.45, 7) is 0.377. The number of amides is 2. The Labute approximate surface area is 178 Å². The summed E-state index contributed by atoms with van der Waals surface area (Å²) in [5.74, 6) is -0.286. The van der Waals surface area contributed by atoms with Gasteiger partial charge in [0.15, 0.2) is 13.1 Å². The van der Waals surface area contributed by atoms with Gasteiger partial charge in [0.1, 0.15) is 0 Å². The van der Waals surface area contributed by atoms with Gasteiger partial charge < -0.3 is 15.5 Å². The summed E-state index contributed by atoms with van der Waals surface area (Å²) in [6.07, 6.45) is 0. The van der Waals surface area contributed by atoms with Gasteiger partial charge in [0.25, 0.3) is 11.8 Å². The summed E-state index contributed by atoms with van der Waals surface area (Å²) >= 11 is 3.41. The zero-order valence-electron chi connectivity index (χ0n) is 16.1. The fraction of sp³-hybridized carbons (Fsp3) is 0.130. The Bertz CT molecular complexity index is 992. The van der Waals surface area contributed by atoms with E-state index in [9.17, 15) is 9.59 Å². The maximum absolute atomic E-state index is 12.5. The Morgan fingerprint density at radius 2 is 1.28 bits per heavy atom. The first kappa shape index (κ1) is 20.8. The number of anilines is 2. The molecule has 0 radical (unpaired) electrons. The van der Waals surface area contributed by atoms with E-state index in [1.807, 2.05) is 85.9 Å². The number of para-hydroxylation sites is 2. The fourth-order valence-electron chi connectivity index (χ4n) is 3.02. The minimum Gasteiger partial charge on any atom is -0.322 e. The van der Waals surface area contributed by atoms with Crippen molar-refractivity contribution in [3.63, 3.8) is 0 Å². The number of carbonyl (C=O) groups is 2. The third-order valence-corrected chi connectivity index (χ3v) is 5.05. The highest BCUT2D eigenvalue weighted by Crippen LogP contribution is 2.27. The molecule has 0 spiro atoms. The molecule has 1 unspecified atom stereocenters. The lowest BCUT2D eigenvalue weighted by molar-refractivity contribution is -0.862. The maximum Gasteiger partial charge on any atom is 0.279 e. The van der Waals surface area contributed by atoms with Gasteiger partial charge in [-0.05, 0) is 39.7 Å². The van der Waals surface area contributed by atoms with E-state index in [0.29, 0.717) is 5.69 Å². The number of quaternary nitrogens is 1. The van der Waals surface area contributed by atoms with Crippen molar-refractivity contribution in [3.05, 3.63) is 83.3 Å². The third-order valence-electron chi connectivity index (χ3n) is 4.36. The van der Waals surface area contributed by atoms with Gasteiger partial charge in [-0.1, -0.05) is 60.7 Å². The van der Waals surface area contributed by atoms with Gasteiger partial charge in [-0.2, -0.15) is 0 Å². The number of benzene rings is 3. The normalized spacial score (nSPS) is 11.5. The monoisotopic (exact) mass is 452 g/mol. The standard InChI is InChI=1S/C23H22BrN3O2/c1-27(16-23(29)26-21-14-8-6-12-19(21)24)15-22(28)25-20-13-7-5-11-18(20)17-9-3-2-4-10-17/h2-14H,15-16H2,1H3,(H,25,28)(H,26,29)/p+1. The van der Waals surface area contributed by atoms with E-state index in [2.05, 4.69) is 26.6 Å². The quantitative estimate of drug-likeness (QED) is 0.515. The summed E-state index contributed by atoms with van der Waals surface area (Å²) in [7, 11) is 1.82. The average molecular weight is 453 g/mol. The second kappa shape index (κ2) is 10.0. The molecule has 3 aromatic carbocycles. The lowest BCUT2D eigenvalue weighted by Crippen LogP contribution is -3.11. The lowest BCUT2D eigenvalue weighted by atomic mass is 10.0. The molecule has 3 N–H and O–H groups in total. The first-order valence-electron chi connectivity index (χ1n) is 9.33. The molecule has 3 aromatic rings. The van der Waals surface area contributed by atoms with Crippen molar-refractivity contribution in [3.8, 4) is 11.1 Å². The van der Waals surface area contributed by atoms with Gasteiger partial charge >= 0.3 is 0 Å². The summed E-state index contributed by atoms with van der Waals surface area (Å²) < 4.78 is 0.821. The number of likely N-dealkylation sites (N-methyl/N-ethyl adjacent to an activating group) is 1. The van der Waals surface area contributed by atoms with Crippen LogP contribution in [0.15, 0.2) is 83.3 Å². The highest BCUT2D eigenvalue weighted by Gasteiger charge is 2.16. The minimum absolute atomic E-state index is 0.139. The molecule has 5 nitrogen and oxygen atoms in total. The van der Waals surface area contributed by atoms with Crippen LogP contribution in [-0.2, 0) is 9.59 Å². The molecule has 3 rings (SSSR count). The van der Waals surface area contributed by atoms with Crippen LogP contribution in [0.5, 0.6) is 0 Å². The molecule has 0 aromatic heterocycles. The molecule has 2 amide bonds. The van der Waals surface area contributed by atoms with Crippen molar-refractivity contribution in [2.45, 2.75) is 0 Å². The van der Waals surface area contributed by atoms with Gasteiger partial charge in [0, 0.05) is 15.7 Å². The van der Waals surface area contributed by atoms with E-state index >= 15 is 0 Å². The minimum atomic E-state index is -0.146. The van der Waals surface area contributed by atoms with E-state index in [-0.39, 0.29) is 24.9 Å². The van der Waals surface area contributed by atoms with E-state index in [1.54, 1.807) is 0 Å². The Morgan fingerprint density at radius 1 is 0.759 bits per heavy atom. The molecule has 29 heavy (non-hydrogen) atoms. The maximum atomic E-state index is 12.5. The number of carbonyl (C=O) groups excluding carboxylic acids is 2. The second-order valence-corrected chi connectivity index (χ2v) is 7.65. The van der Waals surface area contributed by atoms with Crippen LogP contribution in [0, 0.1) is 0 Å². The van der Waals surface area contributed by atoms with Crippen LogP contribution in [0.25, 0.3) is 11.1 Å². The van der Waals surface area contributed by atoms with Crippen LogP contribution in [0.3, 0.4) is 0 Å². The SMILES string of the molecule is C[NH+](CC(=O)Nc1ccccc1Br)CC(=O)Nc1ccccc1-c1ccccc1. The van der Waals surface area contributed by atoms with Crippen LogP contribution in [-0.4, -0.2) is 32.0 Å². The number of halogens is 1. The molecule has 0 bridgehead atoms. The number of nitrogens with one attached hydrogen (secondary N) is 3. The summed E-state index contributed by atoms with van der Waals surface area (Å²) in [6, 6.07) is 25.0. The Hall–Kier alpha value is -2.96. The highest BCUT2D eigenvalue weighted by atomic mass is 79.9. The van der Waals surface area contributed by atoms with Crippen molar-refractivity contribution < 1.29 is 14.5 Å². The first-order chi connectivity index (χ1) is 14.0. The van der Waals surface area contributed by atoms with Crippen molar-refractivity contribution in [2.24, 2.45) is 0 Å². The smallest absolute Gasteiger partial charge is 0.279 e. The summed E-state index contributed by atoms with van der Waals surface area (Å²) in [5, 5.41) is 5.83. The van der Waals surface area contributed by atoms with E-state index in [4.69, 9.17) is 0 Å². The predicted octanol–water partition coefficient (Wildman–Crippen LogP) is 3.21. The molecule has 148 valence electrons. The molecule has 6 heteroatoms. The number of hydrogen-bond donors (Lipinski definition) is 3. The summed E-state index contributed by atoms with van der Waals surface area (Å²) in [5.41, 5.74) is 3.48. The molecule has 0 aliphatic heterocycles. The molecule has 0 saturated heterocycles. The number of rotatable bonds is 7. The zero-order valence-corrected chi connectivity index (χ0v) is 17.7. The largest absolute Gasteiger partial charge is 0.322 e. The predicted molar refractivity (Wildman–Crippen MR) is 120 cm³/mol. The van der Waals surface area contributed by atoms with Crippen molar-refractivity contribution >= 4 is 39.1 Å². The molecule has 0 saturated carbocycles. The van der Waals surface area contributed by atoms with Crippen LogP contribution >= 0.6 is 15.9 Å². The second-order valence-electron chi connectivity index (χ2n) is 6.80. The zero-order chi connectivity index (χ0) is 20.6.